The number of nitrogens with zero attached hydrogens (tertiary/aromatic N) is 4. The van der Waals surface area contributed by atoms with E-state index in [2.05, 4.69) is 20.3 Å². The molecule has 3 rings (SSSR count). The monoisotopic (exact) mass is 283 g/mol. The average Bonchev–Trinajstić information content (AvgIpc) is 2.93. The van der Waals surface area contributed by atoms with Gasteiger partial charge in [-0.05, 0) is 13.0 Å². The van der Waals surface area contributed by atoms with E-state index in [1.54, 1.807) is 30.5 Å². The number of hydrogen-bond acceptors (Lipinski definition) is 4. The first-order valence-electron chi connectivity index (χ1n) is 6.53. The summed E-state index contributed by atoms with van der Waals surface area (Å²) in [7, 11) is 0. The Kier molecular flexibility index (Phi) is 3.59. The van der Waals surface area contributed by atoms with Crippen molar-refractivity contribution in [3.05, 3.63) is 66.3 Å². The van der Waals surface area contributed by atoms with Crippen molar-refractivity contribution in [2.75, 3.05) is 5.32 Å². The highest BCUT2D eigenvalue weighted by molar-refractivity contribution is 5.41. The van der Waals surface area contributed by atoms with Crippen LogP contribution in [0.5, 0.6) is 0 Å². The molecule has 3 aromatic rings. The first-order valence-corrected chi connectivity index (χ1v) is 6.53. The molecule has 1 aromatic carbocycles. The Morgan fingerprint density at radius 1 is 1.19 bits per heavy atom. The van der Waals surface area contributed by atoms with Gasteiger partial charge < -0.3 is 5.32 Å². The summed E-state index contributed by atoms with van der Waals surface area (Å²) in [6.45, 7) is 2.26. The van der Waals surface area contributed by atoms with Gasteiger partial charge in [-0.3, -0.25) is 4.57 Å². The number of benzene rings is 1. The van der Waals surface area contributed by atoms with Gasteiger partial charge >= 0.3 is 0 Å². The molecule has 2 aromatic heterocycles. The Bertz CT molecular complexity index is 753. The average molecular weight is 283 g/mol. The van der Waals surface area contributed by atoms with Crippen molar-refractivity contribution < 1.29 is 4.39 Å². The van der Waals surface area contributed by atoms with Crippen LogP contribution in [0.15, 0.2) is 49.1 Å². The molecule has 0 aliphatic carbocycles. The van der Waals surface area contributed by atoms with Gasteiger partial charge in [0.2, 0.25) is 0 Å². The second-order valence-electron chi connectivity index (χ2n) is 4.55. The van der Waals surface area contributed by atoms with E-state index in [0.29, 0.717) is 17.9 Å². The van der Waals surface area contributed by atoms with Gasteiger partial charge in [0.15, 0.2) is 0 Å². The van der Waals surface area contributed by atoms with Crippen LogP contribution in [0.3, 0.4) is 0 Å². The summed E-state index contributed by atoms with van der Waals surface area (Å²) >= 11 is 0. The van der Waals surface area contributed by atoms with Crippen molar-refractivity contribution in [3.8, 4) is 5.82 Å². The van der Waals surface area contributed by atoms with Gasteiger partial charge in [0.05, 0.1) is 0 Å². The van der Waals surface area contributed by atoms with E-state index in [9.17, 15) is 4.39 Å². The lowest BCUT2D eigenvalue weighted by Gasteiger charge is -2.08. The van der Waals surface area contributed by atoms with E-state index in [0.717, 1.165) is 11.6 Å². The lowest BCUT2D eigenvalue weighted by atomic mass is 10.2. The molecule has 6 heteroatoms. The maximum absolute atomic E-state index is 13.6. The third-order valence-electron chi connectivity index (χ3n) is 3.14. The Hall–Kier alpha value is -2.76. The Morgan fingerprint density at radius 2 is 2.05 bits per heavy atom. The quantitative estimate of drug-likeness (QED) is 0.800. The summed E-state index contributed by atoms with van der Waals surface area (Å²) in [6, 6.07) is 8.46. The smallest absolute Gasteiger partial charge is 0.143 e. The van der Waals surface area contributed by atoms with E-state index in [1.807, 2.05) is 17.7 Å². The molecule has 2 heterocycles. The Balaban J connectivity index is 1.78. The number of anilines is 1. The molecule has 0 bridgehead atoms. The molecular formula is C15H14FN5. The van der Waals surface area contributed by atoms with Crippen LogP contribution in [0.2, 0.25) is 0 Å². The van der Waals surface area contributed by atoms with Crippen LogP contribution in [0.4, 0.5) is 10.2 Å². The molecule has 0 amide bonds. The first kappa shape index (κ1) is 13.2. The molecule has 0 aliphatic heterocycles. The minimum Gasteiger partial charge on any atom is -0.366 e. The van der Waals surface area contributed by atoms with Crippen molar-refractivity contribution in [1.82, 2.24) is 19.5 Å². The fourth-order valence-electron chi connectivity index (χ4n) is 2.02. The number of hydrogen-bond donors (Lipinski definition) is 1. The highest BCUT2D eigenvalue weighted by atomic mass is 19.1. The van der Waals surface area contributed by atoms with E-state index >= 15 is 0 Å². The molecule has 0 saturated heterocycles. The summed E-state index contributed by atoms with van der Waals surface area (Å²) in [4.78, 5) is 12.5. The number of nitrogens with one attached hydrogen (secondary N) is 1. The molecule has 5 nitrogen and oxygen atoms in total. The van der Waals surface area contributed by atoms with E-state index in [4.69, 9.17) is 0 Å². The van der Waals surface area contributed by atoms with Crippen LogP contribution in [-0.2, 0) is 6.54 Å². The van der Waals surface area contributed by atoms with Crippen LogP contribution >= 0.6 is 0 Å². The van der Waals surface area contributed by atoms with Crippen LogP contribution in [-0.4, -0.2) is 19.5 Å². The largest absolute Gasteiger partial charge is 0.366 e. The highest BCUT2D eigenvalue weighted by Gasteiger charge is 2.05. The van der Waals surface area contributed by atoms with Crippen molar-refractivity contribution in [3.63, 3.8) is 0 Å². The topological polar surface area (TPSA) is 55.6 Å². The summed E-state index contributed by atoms with van der Waals surface area (Å²) in [6.07, 6.45) is 5.01. The predicted molar refractivity (Wildman–Crippen MR) is 77.6 cm³/mol. The molecule has 0 aliphatic rings. The third-order valence-corrected chi connectivity index (χ3v) is 3.14. The molecule has 106 valence electrons. The summed E-state index contributed by atoms with van der Waals surface area (Å²) in [5.74, 6) is 1.96. The van der Waals surface area contributed by atoms with Gasteiger partial charge in [-0.15, -0.1) is 0 Å². The lowest BCUT2D eigenvalue weighted by Crippen LogP contribution is -2.06. The Morgan fingerprint density at radius 3 is 2.81 bits per heavy atom. The predicted octanol–water partition coefficient (Wildman–Crippen LogP) is 2.72. The van der Waals surface area contributed by atoms with Gasteiger partial charge in [0.1, 0.15) is 29.6 Å². The molecular weight excluding hydrogens is 269 g/mol. The van der Waals surface area contributed by atoms with Gasteiger partial charge in [-0.25, -0.2) is 19.3 Å². The third kappa shape index (κ3) is 2.89. The SMILES string of the molecule is Cc1nccn1-c1cc(NCc2ccccc2F)ncn1. The summed E-state index contributed by atoms with van der Waals surface area (Å²) in [5.41, 5.74) is 0.594. The highest BCUT2D eigenvalue weighted by Crippen LogP contribution is 2.13. The molecule has 21 heavy (non-hydrogen) atoms. The van der Waals surface area contributed by atoms with E-state index < -0.39 is 0 Å². The molecule has 0 radical (unpaired) electrons. The van der Waals surface area contributed by atoms with Crippen molar-refractivity contribution >= 4 is 5.82 Å². The number of aromatic nitrogens is 4. The summed E-state index contributed by atoms with van der Waals surface area (Å²) < 4.78 is 15.4. The van der Waals surface area contributed by atoms with Crippen molar-refractivity contribution in [2.45, 2.75) is 13.5 Å². The standard InChI is InChI=1S/C15H14FN5/c1-11-17-6-7-21(11)15-8-14(19-10-20-15)18-9-12-4-2-3-5-13(12)16/h2-8,10H,9H2,1H3,(H,18,19,20). The maximum atomic E-state index is 13.6. The number of halogens is 1. The fraction of sp³-hybridized carbons (Fsp3) is 0.133. The van der Waals surface area contributed by atoms with E-state index in [1.165, 1.54) is 12.4 Å². The normalized spacial score (nSPS) is 10.6. The minimum absolute atomic E-state index is 0.232. The molecule has 0 unspecified atom stereocenters. The molecule has 1 N–H and O–H groups in total. The zero-order valence-electron chi connectivity index (χ0n) is 11.5. The summed E-state index contributed by atoms with van der Waals surface area (Å²) in [5, 5.41) is 3.10. The van der Waals surface area contributed by atoms with Crippen LogP contribution in [0.25, 0.3) is 5.82 Å². The first-order chi connectivity index (χ1) is 10.2. The zero-order valence-corrected chi connectivity index (χ0v) is 11.5. The second-order valence-corrected chi connectivity index (χ2v) is 4.55. The molecule has 0 fully saturated rings. The number of imidazole rings is 1. The van der Waals surface area contributed by atoms with Crippen molar-refractivity contribution in [1.29, 1.82) is 0 Å². The van der Waals surface area contributed by atoms with Gasteiger partial charge in [-0.2, -0.15) is 0 Å². The maximum Gasteiger partial charge on any atom is 0.143 e. The van der Waals surface area contributed by atoms with Crippen LogP contribution in [0, 0.1) is 12.7 Å². The number of aryl methyl sites for hydroxylation is 1. The van der Waals surface area contributed by atoms with Crippen molar-refractivity contribution in [2.24, 2.45) is 0 Å². The van der Waals surface area contributed by atoms with Gasteiger partial charge in [-0.1, -0.05) is 18.2 Å². The fourth-order valence-corrected chi connectivity index (χ4v) is 2.02. The minimum atomic E-state index is -0.232. The Labute approximate surface area is 121 Å². The van der Waals surface area contributed by atoms with E-state index in [-0.39, 0.29) is 5.82 Å². The van der Waals surface area contributed by atoms with Gasteiger partial charge in [0, 0.05) is 30.6 Å². The molecule has 0 saturated carbocycles. The molecule has 0 atom stereocenters. The van der Waals surface area contributed by atoms with Crippen LogP contribution < -0.4 is 5.32 Å². The zero-order chi connectivity index (χ0) is 14.7. The van der Waals surface area contributed by atoms with Gasteiger partial charge in [0.25, 0.3) is 0 Å². The number of rotatable bonds is 4. The molecule has 0 spiro atoms. The van der Waals surface area contributed by atoms with Crippen LogP contribution in [0.1, 0.15) is 11.4 Å². The second kappa shape index (κ2) is 5.70. The lowest BCUT2D eigenvalue weighted by molar-refractivity contribution is 0.613.